The maximum Gasteiger partial charge on any atom is 0.471 e. The maximum absolute atomic E-state index is 12.5. The van der Waals surface area contributed by atoms with E-state index >= 15 is 0 Å². The third-order valence-corrected chi connectivity index (χ3v) is 4.16. The summed E-state index contributed by atoms with van der Waals surface area (Å²) in [4.78, 5) is 13.9. The van der Waals surface area contributed by atoms with Gasteiger partial charge in [-0.05, 0) is 37.0 Å². The van der Waals surface area contributed by atoms with Gasteiger partial charge in [-0.1, -0.05) is 6.92 Å². The van der Waals surface area contributed by atoms with Gasteiger partial charge in [0.1, 0.15) is 6.07 Å². The van der Waals surface area contributed by atoms with Crippen molar-refractivity contribution in [3.8, 4) is 6.07 Å². The van der Waals surface area contributed by atoms with E-state index < -0.39 is 12.1 Å². The number of amides is 1. The fraction of sp³-hybridized carbons (Fsp3) is 0.500. The van der Waals surface area contributed by atoms with Crippen LogP contribution in [0.4, 0.5) is 24.5 Å². The van der Waals surface area contributed by atoms with E-state index in [0.717, 1.165) is 33.0 Å². The van der Waals surface area contributed by atoms with Gasteiger partial charge in [0.2, 0.25) is 0 Å². The first kappa shape index (κ1) is 17.1. The topological polar surface area (TPSA) is 47.3 Å². The molecular formula is C16H18F3N3O. The van der Waals surface area contributed by atoms with Gasteiger partial charge in [0.05, 0.1) is 11.3 Å². The largest absolute Gasteiger partial charge is 0.471 e. The van der Waals surface area contributed by atoms with Gasteiger partial charge in [0.25, 0.3) is 0 Å². The second-order valence-corrected chi connectivity index (χ2v) is 5.84. The van der Waals surface area contributed by atoms with Gasteiger partial charge in [0, 0.05) is 25.8 Å². The van der Waals surface area contributed by atoms with Gasteiger partial charge >= 0.3 is 12.1 Å². The van der Waals surface area contributed by atoms with Gasteiger partial charge in [-0.2, -0.15) is 18.4 Å². The van der Waals surface area contributed by atoms with E-state index in [-0.39, 0.29) is 11.3 Å². The highest BCUT2D eigenvalue weighted by Crippen LogP contribution is 2.30. The van der Waals surface area contributed by atoms with Crippen molar-refractivity contribution < 1.29 is 18.0 Å². The average molecular weight is 325 g/mol. The van der Waals surface area contributed by atoms with Crippen molar-refractivity contribution in [2.75, 3.05) is 29.9 Å². The molecule has 0 N–H and O–H groups in total. The third-order valence-electron chi connectivity index (χ3n) is 4.16. The molecule has 0 aliphatic carbocycles. The number of anilines is 2. The van der Waals surface area contributed by atoms with E-state index in [4.69, 9.17) is 0 Å². The molecule has 1 fully saturated rings. The Morgan fingerprint density at radius 2 is 1.96 bits per heavy atom. The minimum Gasteiger partial charge on any atom is -0.370 e. The van der Waals surface area contributed by atoms with Crippen LogP contribution in [0.3, 0.4) is 0 Å². The minimum atomic E-state index is -4.94. The summed E-state index contributed by atoms with van der Waals surface area (Å²) in [5, 5.41) is 9.30. The summed E-state index contributed by atoms with van der Waals surface area (Å²) in [6.07, 6.45) is -2.92. The van der Waals surface area contributed by atoms with Crippen LogP contribution >= 0.6 is 0 Å². The van der Waals surface area contributed by atoms with Gasteiger partial charge in [-0.25, -0.2) is 0 Å². The monoisotopic (exact) mass is 325 g/mol. The maximum atomic E-state index is 12.5. The molecular weight excluding hydrogens is 307 g/mol. The lowest BCUT2D eigenvalue weighted by Gasteiger charge is -2.33. The van der Waals surface area contributed by atoms with Crippen molar-refractivity contribution in [2.45, 2.75) is 25.9 Å². The van der Waals surface area contributed by atoms with Gasteiger partial charge in [-0.15, -0.1) is 0 Å². The molecule has 0 spiro atoms. The number of halogens is 3. The number of benzene rings is 1. The van der Waals surface area contributed by atoms with Crippen molar-refractivity contribution in [3.63, 3.8) is 0 Å². The first-order chi connectivity index (χ1) is 10.7. The molecule has 0 radical (unpaired) electrons. The molecule has 23 heavy (non-hydrogen) atoms. The average Bonchev–Trinajstić information content (AvgIpc) is 2.52. The second-order valence-electron chi connectivity index (χ2n) is 5.84. The predicted molar refractivity (Wildman–Crippen MR) is 81.2 cm³/mol. The molecule has 0 aromatic heterocycles. The van der Waals surface area contributed by atoms with Crippen LogP contribution in [0.2, 0.25) is 0 Å². The highest BCUT2D eigenvalue weighted by atomic mass is 19.4. The molecule has 0 bridgehead atoms. The zero-order valence-electron chi connectivity index (χ0n) is 13.0. The van der Waals surface area contributed by atoms with E-state index in [1.807, 2.05) is 6.07 Å². The minimum absolute atomic E-state index is 0.0537. The Morgan fingerprint density at radius 1 is 1.35 bits per heavy atom. The van der Waals surface area contributed by atoms with Crippen LogP contribution in [0.25, 0.3) is 0 Å². The number of piperidine rings is 1. The second kappa shape index (κ2) is 6.49. The molecule has 4 nitrogen and oxygen atoms in total. The molecule has 1 aliphatic heterocycles. The first-order valence-corrected chi connectivity index (χ1v) is 7.38. The van der Waals surface area contributed by atoms with Gasteiger partial charge in [-0.3, -0.25) is 4.79 Å². The fourth-order valence-electron chi connectivity index (χ4n) is 2.65. The molecule has 0 saturated carbocycles. The molecule has 1 amide bonds. The highest BCUT2D eigenvalue weighted by molar-refractivity contribution is 5.97. The number of carbonyl (C=O) groups is 1. The summed E-state index contributed by atoms with van der Waals surface area (Å²) in [7, 11) is 1.05. The van der Waals surface area contributed by atoms with Crippen LogP contribution in [0, 0.1) is 17.2 Å². The first-order valence-electron chi connectivity index (χ1n) is 7.38. The summed E-state index contributed by atoms with van der Waals surface area (Å²) in [5.41, 5.74) is 1.04. The zero-order chi connectivity index (χ0) is 17.2. The van der Waals surface area contributed by atoms with Crippen molar-refractivity contribution in [1.82, 2.24) is 0 Å². The van der Waals surface area contributed by atoms with Crippen LogP contribution in [0.15, 0.2) is 18.2 Å². The van der Waals surface area contributed by atoms with Crippen molar-refractivity contribution in [2.24, 2.45) is 5.92 Å². The summed E-state index contributed by atoms with van der Waals surface area (Å²) < 4.78 is 37.5. The molecule has 1 heterocycles. The lowest BCUT2D eigenvalue weighted by Crippen LogP contribution is -2.38. The Bertz CT molecular complexity index is 628. The molecule has 1 aliphatic rings. The number of hydrogen-bond acceptors (Lipinski definition) is 3. The summed E-state index contributed by atoms with van der Waals surface area (Å²) >= 11 is 0. The number of hydrogen-bond donors (Lipinski definition) is 0. The Balaban J connectivity index is 2.27. The normalized spacial score (nSPS) is 16.1. The number of carbonyl (C=O) groups excluding carboxylic acids is 1. The quantitative estimate of drug-likeness (QED) is 0.838. The van der Waals surface area contributed by atoms with E-state index in [1.165, 1.54) is 12.1 Å². The van der Waals surface area contributed by atoms with E-state index in [2.05, 4.69) is 11.8 Å². The predicted octanol–water partition coefficient (Wildman–Crippen LogP) is 3.32. The van der Waals surface area contributed by atoms with Crippen LogP contribution in [-0.2, 0) is 4.79 Å². The molecule has 124 valence electrons. The smallest absolute Gasteiger partial charge is 0.370 e. The molecule has 1 aromatic carbocycles. The molecule has 0 unspecified atom stereocenters. The van der Waals surface area contributed by atoms with Crippen molar-refractivity contribution in [3.05, 3.63) is 23.8 Å². The van der Waals surface area contributed by atoms with Crippen LogP contribution in [0.5, 0.6) is 0 Å². The van der Waals surface area contributed by atoms with Crippen LogP contribution < -0.4 is 9.80 Å². The van der Waals surface area contributed by atoms with E-state index in [0.29, 0.717) is 16.5 Å². The van der Waals surface area contributed by atoms with Crippen LogP contribution in [0.1, 0.15) is 25.3 Å². The number of nitrogens with zero attached hydrogens (tertiary/aromatic N) is 3. The number of nitriles is 1. The van der Waals surface area contributed by atoms with E-state index in [9.17, 15) is 23.2 Å². The molecule has 1 saturated heterocycles. The Hall–Kier alpha value is -2.23. The number of rotatable bonds is 2. The Labute approximate surface area is 133 Å². The lowest BCUT2D eigenvalue weighted by molar-refractivity contribution is -0.170. The van der Waals surface area contributed by atoms with Crippen molar-refractivity contribution in [1.29, 1.82) is 5.26 Å². The van der Waals surface area contributed by atoms with Gasteiger partial charge in [0.15, 0.2) is 0 Å². The third kappa shape index (κ3) is 3.76. The summed E-state index contributed by atoms with van der Waals surface area (Å²) in [6.45, 7) is 3.79. The molecule has 1 aromatic rings. The van der Waals surface area contributed by atoms with Crippen LogP contribution in [-0.4, -0.2) is 32.2 Å². The summed E-state index contributed by atoms with van der Waals surface area (Å²) in [5.74, 6) is -1.33. The van der Waals surface area contributed by atoms with Crippen molar-refractivity contribution >= 4 is 17.3 Å². The molecule has 2 rings (SSSR count). The van der Waals surface area contributed by atoms with E-state index in [1.54, 1.807) is 6.07 Å². The molecule has 0 atom stereocenters. The van der Waals surface area contributed by atoms with Gasteiger partial charge < -0.3 is 9.80 Å². The lowest BCUT2D eigenvalue weighted by atomic mass is 9.98. The number of alkyl halides is 3. The summed E-state index contributed by atoms with van der Waals surface area (Å²) in [6, 6.07) is 6.40. The molecule has 7 heteroatoms. The highest BCUT2D eigenvalue weighted by Gasteiger charge is 2.41. The Kier molecular flexibility index (Phi) is 4.83. The fourth-order valence-corrected chi connectivity index (χ4v) is 2.65. The zero-order valence-corrected chi connectivity index (χ0v) is 13.0. The standard InChI is InChI=1S/C16H18F3N3O/c1-11-5-7-22(8-6-11)14-4-3-13(9-12(14)10-20)21(2)15(23)16(17,18)19/h3-4,9,11H,5-8H2,1-2H3. The Morgan fingerprint density at radius 3 is 2.48 bits per heavy atom. The SMILES string of the molecule is CC1CCN(c2ccc(N(C)C(=O)C(F)(F)F)cc2C#N)CC1.